The predicted molar refractivity (Wildman–Crippen MR) is 98.5 cm³/mol. The summed E-state index contributed by atoms with van der Waals surface area (Å²) in [6, 6.07) is 5.72. The topological polar surface area (TPSA) is 88.5 Å². The molecule has 0 saturated heterocycles. The number of nitrogens with zero attached hydrogens (tertiary/aromatic N) is 4. The van der Waals surface area contributed by atoms with Gasteiger partial charge in [0.2, 0.25) is 5.91 Å². The lowest BCUT2D eigenvalue weighted by Crippen LogP contribution is -2.15. The normalized spacial score (nSPS) is 10.9. The average molecular weight is 377 g/mol. The van der Waals surface area contributed by atoms with E-state index in [9.17, 15) is 4.79 Å². The summed E-state index contributed by atoms with van der Waals surface area (Å²) in [5, 5.41) is 19.1. The number of benzene rings is 1. The van der Waals surface area contributed by atoms with Crippen molar-refractivity contribution in [2.75, 3.05) is 11.1 Å². The molecule has 0 spiro atoms. The molecule has 2 aromatic heterocycles. The number of H-pyrrole nitrogens is 1. The number of carbonyl (C=O) groups excluding carboxylic acids is 1. The third-order valence-corrected chi connectivity index (χ3v) is 5.03. The van der Waals surface area contributed by atoms with Crippen LogP contribution in [0.4, 0.5) is 5.69 Å². The van der Waals surface area contributed by atoms with E-state index >= 15 is 0 Å². The van der Waals surface area contributed by atoms with E-state index < -0.39 is 0 Å². The lowest BCUT2D eigenvalue weighted by atomic mass is 10.2. The Kier molecular flexibility index (Phi) is 5.10. The molecule has 130 valence electrons. The fourth-order valence-corrected chi connectivity index (χ4v) is 3.18. The van der Waals surface area contributed by atoms with Gasteiger partial charge in [-0.25, -0.2) is 0 Å². The van der Waals surface area contributed by atoms with Crippen LogP contribution in [0.5, 0.6) is 0 Å². The molecular formula is C16H17ClN6OS. The standard InChI is InChI=1S/C16H17ClN6OS/c1-9-4-5-12(6-13(9)17)23-8-18-22-16(23)25-7-14(24)19-15-10(2)20-21-11(15)3/h4-6,8H,7H2,1-3H3,(H,19,24)(H,20,21). The van der Waals surface area contributed by atoms with Crippen LogP contribution >= 0.6 is 23.4 Å². The number of halogens is 1. The zero-order valence-electron chi connectivity index (χ0n) is 14.0. The van der Waals surface area contributed by atoms with Crippen LogP contribution in [0.3, 0.4) is 0 Å². The summed E-state index contributed by atoms with van der Waals surface area (Å²) in [4.78, 5) is 12.2. The zero-order valence-corrected chi connectivity index (χ0v) is 15.6. The van der Waals surface area contributed by atoms with Gasteiger partial charge in [0.25, 0.3) is 0 Å². The maximum Gasteiger partial charge on any atom is 0.234 e. The van der Waals surface area contributed by atoms with E-state index in [0.717, 1.165) is 28.3 Å². The molecule has 0 unspecified atom stereocenters. The van der Waals surface area contributed by atoms with Gasteiger partial charge < -0.3 is 5.32 Å². The van der Waals surface area contributed by atoms with Crippen molar-refractivity contribution in [3.8, 4) is 5.69 Å². The Hall–Kier alpha value is -2.32. The van der Waals surface area contributed by atoms with Gasteiger partial charge in [0.05, 0.1) is 28.5 Å². The Labute approximate surface area is 154 Å². The third-order valence-electron chi connectivity index (χ3n) is 3.67. The lowest BCUT2D eigenvalue weighted by molar-refractivity contribution is -0.113. The molecule has 0 fully saturated rings. The van der Waals surface area contributed by atoms with E-state index in [1.54, 1.807) is 10.9 Å². The molecule has 25 heavy (non-hydrogen) atoms. The van der Waals surface area contributed by atoms with Crippen molar-refractivity contribution in [1.82, 2.24) is 25.0 Å². The maximum absolute atomic E-state index is 12.2. The summed E-state index contributed by atoms with van der Waals surface area (Å²) in [6.07, 6.45) is 1.60. The van der Waals surface area contributed by atoms with E-state index in [0.29, 0.717) is 10.2 Å². The number of thioether (sulfide) groups is 1. The molecule has 0 aliphatic rings. The van der Waals surface area contributed by atoms with Crippen molar-refractivity contribution in [1.29, 1.82) is 0 Å². The first-order valence-electron chi connectivity index (χ1n) is 7.56. The summed E-state index contributed by atoms with van der Waals surface area (Å²) < 4.78 is 1.80. The molecule has 7 nitrogen and oxygen atoms in total. The molecule has 0 aliphatic carbocycles. The number of aromatic amines is 1. The van der Waals surface area contributed by atoms with E-state index in [2.05, 4.69) is 25.7 Å². The van der Waals surface area contributed by atoms with Crippen molar-refractivity contribution in [3.63, 3.8) is 0 Å². The lowest BCUT2D eigenvalue weighted by Gasteiger charge is -2.08. The van der Waals surface area contributed by atoms with Crippen molar-refractivity contribution >= 4 is 35.0 Å². The number of anilines is 1. The van der Waals surface area contributed by atoms with Crippen LogP contribution in [0.25, 0.3) is 5.69 Å². The molecule has 1 amide bonds. The largest absolute Gasteiger partial charge is 0.322 e. The second-order valence-electron chi connectivity index (χ2n) is 5.56. The summed E-state index contributed by atoms with van der Waals surface area (Å²) in [6.45, 7) is 5.64. The SMILES string of the molecule is Cc1ccc(-n2cnnc2SCC(=O)Nc2c(C)n[nH]c2C)cc1Cl. The van der Waals surface area contributed by atoms with Crippen molar-refractivity contribution in [2.45, 2.75) is 25.9 Å². The maximum atomic E-state index is 12.2. The summed E-state index contributed by atoms with van der Waals surface area (Å²) in [7, 11) is 0. The second-order valence-corrected chi connectivity index (χ2v) is 6.91. The molecule has 0 bridgehead atoms. The average Bonchev–Trinajstić information content (AvgIpc) is 3.17. The molecule has 2 heterocycles. The van der Waals surface area contributed by atoms with Gasteiger partial charge in [0.15, 0.2) is 5.16 Å². The van der Waals surface area contributed by atoms with E-state index in [-0.39, 0.29) is 11.7 Å². The Morgan fingerprint density at radius 1 is 1.36 bits per heavy atom. The van der Waals surface area contributed by atoms with E-state index in [1.165, 1.54) is 11.8 Å². The molecule has 3 rings (SSSR count). The van der Waals surface area contributed by atoms with Crippen LogP contribution < -0.4 is 5.32 Å². The van der Waals surface area contributed by atoms with Crippen LogP contribution in [0, 0.1) is 20.8 Å². The van der Waals surface area contributed by atoms with Crippen LogP contribution in [0.1, 0.15) is 17.0 Å². The van der Waals surface area contributed by atoms with Gasteiger partial charge in [-0.15, -0.1) is 10.2 Å². The van der Waals surface area contributed by atoms with Crippen LogP contribution in [-0.2, 0) is 4.79 Å². The summed E-state index contributed by atoms with van der Waals surface area (Å²) >= 11 is 7.49. The molecule has 0 radical (unpaired) electrons. The highest BCUT2D eigenvalue weighted by molar-refractivity contribution is 7.99. The van der Waals surface area contributed by atoms with E-state index in [4.69, 9.17) is 11.6 Å². The summed E-state index contributed by atoms with van der Waals surface area (Å²) in [5.74, 6) is 0.0802. The smallest absolute Gasteiger partial charge is 0.234 e. The first kappa shape index (κ1) is 17.5. The Morgan fingerprint density at radius 2 is 2.16 bits per heavy atom. The molecular weight excluding hydrogens is 360 g/mol. The highest BCUT2D eigenvalue weighted by Crippen LogP contribution is 2.24. The number of carbonyl (C=O) groups is 1. The number of nitrogens with one attached hydrogen (secondary N) is 2. The van der Waals surface area contributed by atoms with Crippen molar-refractivity contribution in [3.05, 3.63) is 46.5 Å². The number of rotatable bonds is 5. The second kappa shape index (κ2) is 7.28. The monoisotopic (exact) mass is 376 g/mol. The van der Waals surface area contributed by atoms with Crippen LogP contribution in [0.2, 0.25) is 5.02 Å². The Bertz CT molecular complexity index is 900. The number of amides is 1. The van der Waals surface area contributed by atoms with Gasteiger partial charge in [-0.3, -0.25) is 14.5 Å². The van der Waals surface area contributed by atoms with Gasteiger partial charge in [0.1, 0.15) is 6.33 Å². The van der Waals surface area contributed by atoms with E-state index in [1.807, 2.05) is 39.0 Å². The predicted octanol–water partition coefficient (Wildman–Crippen LogP) is 3.30. The Balaban J connectivity index is 1.69. The minimum atomic E-state index is -0.130. The fraction of sp³-hybridized carbons (Fsp3) is 0.250. The third kappa shape index (κ3) is 3.85. The number of hydrogen-bond acceptors (Lipinski definition) is 5. The molecule has 1 aromatic carbocycles. The zero-order chi connectivity index (χ0) is 18.0. The van der Waals surface area contributed by atoms with Gasteiger partial charge in [-0.2, -0.15) is 5.10 Å². The van der Waals surface area contributed by atoms with Crippen LogP contribution in [0.15, 0.2) is 29.7 Å². The first-order chi connectivity index (χ1) is 12.0. The van der Waals surface area contributed by atoms with Crippen LogP contribution in [-0.4, -0.2) is 36.6 Å². The van der Waals surface area contributed by atoms with Crippen molar-refractivity contribution in [2.24, 2.45) is 0 Å². The highest BCUT2D eigenvalue weighted by atomic mass is 35.5. The molecule has 0 saturated carbocycles. The van der Waals surface area contributed by atoms with Gasteiger partial charge in [-0.05, 0) is 38.5 Å². The number of aryl methyl sites for hydroxylation is 3. The number of aromatic nitrogens is 5. The Morgan fingerprint density at radius 3 is 2.84 bits per heavy atom. The highest BCUT2D eigenvalue weighted by Gasteiger charge is 2.13. The number of hydrogen-bond donors (Lipinski definition) is 2. The first-order valence-corrected chi connectivity index (χ1v) is 8.93. The fourth-order valence-electron chi connectivity index (χ4n) is 2.27. The van der Waals surface area contributed by atoms with Gasteiger partial charge in [0, 0.05) is 5.02 Å². The molecule has 0 atom stereocenters. The van der Waals surface area contributed by atoms with Crippen molar-refractivity contribution < 1.29 is 4.79 Å². The van der Waals surface area contributed by atoms with Gasteiger partial charge >= 0.3 is 0 Å². The molecule has 9 heteroatoms. The van der Waals surface area contributed by atoms with Gasteiger partial charge in [-0.1, -0.05) is 29.4 Å². The summed E-state index contributed by atoms with van der Waals surface area (Å²) in [5.41, 5.74) is 4.15. The molecule has 3 aromatic rings. The minimum Gasteiger partial charge on any atom is -0.322 e. The quantitative estimate of drug-likeness (QED) is 0.667. The molecule has 2 N–H and O–H groups in total. The molecule has 0 aliphatic heterocycles. The minimum absolute atomic E-state index is 0.130.